The maximum Gasteiger partial charge on any atom is 0.0650 e. The molecule has 0 unspecified atom stereocenters. The van der Waals surface area contributed by atoms with Gasteiger partial charge in [-0.1, -0.05) is 19.1 Å². The average molecular weight is 284 g/mol. The van der Waals surface area contributed by atoms with Crippen molar-refractivity contribution >= 4 is 5.69 Å². The molecule has 4 heteroatoms. The first-order valence-electron chi connectivity index (χ1n) is 7.94. The lowest BCUT2D eigenvalue weighted by molar-refractivity contribution is 0.219. The second kappa shape index (κ2) is 6.76. The Labute approximate surface area is 126 Å². The summed E-state index contributed by atoms with van der Waals surface area (Å²) < 4.78 is 0. The fourth-order valence-electron chi connectivity index (χ4n) is 3.02. The maximum atomic E-state index is 3.99. The van der Waals surface area contributed by atoms with Crippen molar-refractivity contribution in [3.05, 3.63) is 36.5 Å². The van der Waals surface area contributed by atoms with Crippen LogP contribution in [0.15, 0.2) is 36.5 Å². The molecule has 2 aromatic rings. The van der Waals surface area contributed by atoms with E-state index in [1.165, 1.54) is 50.1 Å². The molecule has 0 spiro atoms. The van der Waals surface area contributed by atoms with E-state index in [-0.39, 0.29) is 0 Å². The quantitative estimate of drug-likeness (QED) is 0.885. The molecule has 3 rings (SSSR count). The van der Waals surface area contributed by atoms with Crippen LogP contribution in [0.4, 0.5) is 5.69 Å². The van der Waals surface area contributed by atoms with Crippen molar-refractivity contribution in [1.82, 2.24) is 15.1 Å². The third-order valence-electron chi connectivity index (χ3n) is 4.19. The molecular formula is C17H24N4. The molecule has 1 saturated heterocycles. The Morgan fingerprint density at radius 3 is 2.57 bits per heavy atom. The number of aromatic nitrogens is 2. The Kier molecular flexibility index (Phi) is 4.55. The normalized spacial score (nSPS) is 17.0. The zero-order valence-electron chi connectivity index (χ0n) is 12.7. The highest BCUT2D eigenvalue weighted by molar-refractivity contribution is 5.62. The molecule has 4 nitrogen and oxygen atoms in total. The fraction of sp³-hybridized carbons (Fsp3) is 0.471. The number of hydrogen-bond acceptors (Lipinski definition) is 3. The van der Waals surface area contributed by atoms with Crippen LogP contribution in [0.25, 0.3) is 11.3 Å². The first kappa shape index (κ1) is 14.1. The van der Waals surface area contributed by atoms with Crippen molar-refractivity contribution in [2.24, 2.45) is 0 Å². The van der Waals surface area contributed by atoms with Gasteiger partial charge in [-0.3, -0.25) is 5.10 Å². The highest BCUT2D eigenvalue weighted by Crippen LogP contribution is 2.21. The predicted octanol–water partition coefficient (Wildman–Crippen LogP) is 3.36. The Morgan fingerprint density at radius 2 is 1.95 bits per heavy atom. The summed E-state index contributed by atoms with van der Waals surface area (Å²) in [4.78, 5) is 2.57. The van der Waals surface area contributed by atoms with Gasteiger partial charge in [0, 0.05) is 31.0 Å². The average Bonchev–Trinajstić information content (AvgIpc) is 3.05. The van der Waals surface area contributed by atoms with Gasteiger partial charge in [-0.2, -0.15) is 5.10 Å². The van der Waals surface area contributed by atoms with Crippen LogP contribution < -0.4 is 5.32 Å². The van der Waals surface area contributed by atoms with Crippen LogP contribution in [-0.4, -0.2) is 40.8 Å². The molecule has 0 atom stereocenters. The minimum atomic E-state index is 0.608. The van der Waals surface area contributed by atoms with Gasteiger partial charge in [-0.25, -0.2) is 0 Å². The molecule has 0 saturated carbocycles. The van der Waals surface area contributed by atoms with E-state index in [0.717, 1.165) is 5.69 Å². The van der Waals surface area contributed by atoms with E-state index in [1.807, 2.05) is 6.07 Å². The van der Waals surface area contributed by atoms with E-state index in [9.17, 15) is 0 Å². The van der Waals surface area contributed by atoms with Gasteiger partial charge in [0.15, 0.2) is 0 Å². The molecule has 112 valence electrons. The summed E-state index contributed by atoms with van der Waals surface area (Å²) in [6, 6.07) is 11.2. The van der Waals surface area contributed by atoms with Crippen molar-refractivity contribution in [3.63, 3.8) is 0 Å². The summed E-state index contributed by atoms with van der Waals surface area (Å²) in [6.45, 7) is 5.94. The largest absolute Gasteiger partial charge is 0.382 e. The monoisotopic (exact) mass is 284 g/mol. The number of piperidine rings is 1. The van der Waals surface area contributed by atoms with Gasteiger partial charge in [0.05, 0.1) is 5.69 Å². The van der Waals surface area contributed by atoms with Crippen LogP contribution in [-0.2, 0) is 0 Å². The third-order valence-corrected chi connectivity index (χ3v) is 4.19. The van der Waals surface area contributed by atoms with Crippen LogP contribution >= 0.6 is 0 Å². The van der Waals surface area contributed by atoms with E-state index < -0.39 is 0 Å². The Hall–Kier alpha value is -1.81. The summed E-state index contributed by atoms with van der Waals surface area (Å²) in [6.07, 6.45) is 5.52. The van der Waals surface area contributed by atoms with Gasteiger partial charge in [0.1, 0.15) is 0 Å². The third kappa shape index (κ3) is 3.64. The minimum absolute atomic E-state index is 0.608. The number of H-pyrrole nitrogens is 1. The highest BCUT2D eigenvalue weighted by atomic mass is 15.1. The fourth-order valence-corrected chi connectivity index (χ4v) is 3.02. The number of rotatable bonds is 5. The Bertz CT molecular complexity index is 524. The van der Waals surface area contributed by atoms with Crippen molar-refractivity contribution in [3.8, 4) is 11.3 Å². The summed E-state index contributed by atoms with van der Waals surface area (Å²) in [7, 11) is 0. The van der Waals surface area contributed by atoms with E-state index in [1.54, 1.807) is 6.20 Å². The van der Waals surface area contributed by atoms with Gasteiger partial charge in [-0.05, 0) is 49.6 Å². The SMILES string of the molecule is CCCN1CCC(Nc2ccc(-c3ccn[nH]3)cc2)CC1. The molecule has 0 aliphatic carbocycles. The van der Waals surface area contributed by atoms with E-state index in [0.29, 0.717) is 6.04 Å². The molecule has 21 heavy (non-hydrogen) atoms. The van der Waals surface area contributed by atoms with Crippen molar-refractivity contribution in [2.75, 3.05) is 25.0 Å². The molecule has 1 aromatic carbocycles. The zero-order chi connectivity index (χ0) is 14.5. The molecule has 2 heterocycles. The molecule has 1 aliphatic heterocycles. The number of aromatic amines is 1. The molecule has 2 N–H and O–H groups in total. The predicted molar refractivity (Wildman–Crippen MR) is 87.4 cm³/mol. The van der Waals surface area contributed by atoms with Crippen LogP contribution in [0.3, 0.4) is 0 Å². The summed E-state index contributed by atoms with van der Waals surface area (Å²) >= 11 is 0. The molecule has 0 radical (unpaired) electrons. The summed E-state index contributed by atoms with van der Waals surface area (Å²) in [5, 5.41) is 10.7. The number of nitrogens with zero attached hydrogens (tertiary/aromatic N) is 2. The first-order valence-corrected chi connectivity index (χ1v) is 7.94. The van der Waals surface area contributed by atoms with Gasteiger partial charge in [0.25, 0.3) is 0 Å². The number of benzene rings is 1. The first-order chi connectivity index (χ1) is 10.3. The standard InChI is InChI=1S/C17H24N4/c1-2-11-21-12-8-16(9-13-21)19-15-5-3-14(4-6-15)17-7-10-18-20-17/h3-7,10,16,19H,2,8-9,11-13H2,1H3,(H,18,20). The van der Waals surface area contributed by atoms with E-state index >= 15 is 0 Å². The maximum absolute atomic E-state index is 3.99. The molecule has 0 bridgehead atoms. The van der Waals surface area contributed by atoms with Crippen molar-refractivity contribution in [1.29, 1.82) is 0 Å². The highest BCUT2D eigenvalue weighted by Gasteiger charge is 2.18. The lowest BCUT2D eigenvalue weighted by Gasteiger charge is -2.32. The molecular weight excluding hydrogens is 260 g/mol. The smallest absolute Gasteiger partial charge is 0.0650 e. The van der Waals surface area contributed by atoms with Gasteiger partial charge >= 0.3 is 0 Å². The van der Waals surface area contributed by atoms with Crippen molar-refractivity contribution in [2.45, 2.75) is 32.2 Å². The second-order valence-electron chi connectivity index (χ2n) is 5.81. The summed E-state index contributed by atoms with van der Waals surface area (Å²) in [5.74, 6) is 0. The van der Waals surface area contributed by atoms with Crippen LogP contribution in [0.5, 0.6) is 0 Å². The number of nitrogens with one attached hydrogen (secondary N) is 2. The molecule has 1 aromatic heterocycles. The number of hydrogen-bond donors (Lipinski definition) is 2. The molecule has 1 aliphatic rings. The Balaban J connectivity index is 1.54. The van der Waals surface area contributed by atoms with Crippen LogP contribution in [0.1, 0.15) is 26.2 Å². The van der Waals surface area contributed by atoms with E-state index in [4.69, 9.17) is 0 Å². The lowest BCUT2D eigenvalue weighted by Crippen LogP contribution is -2.39. The van der Waals surface area contributed by atoms with E-state index in [2.05, 4.69) is 51.6 Å². The topological polar surface area (TPSA) is 44.0 Å². The van der Waals surface area contributed by atoms with Gasteiger partial charge < -0.3 is 10.2 Å². The molecule has 1 fully saturated rings. The van der Waals surface area contributed by atoms with Gasteiger partial charge in [0.2, 0.25) is 0 Å². The lowest BCUT2D eigenvalue weighted by atomic mass is 10.0. The van der Waals surface area contributed by atoms with Gasteiger partial charge in [-0.15, -0.1) is 0 Å². The molecule has 0 amide bonds. The van der Waals surface area contributed by atoms with Crippen LogP contribution in [0.2, 0.25) is 0 Å². The van der Waals surface area contributed by atoms with Crippen LogP contribution in [0, 0.1) is 0 Å². The number of likely N-dealkylation sites (tertiary alicyclic amines) is 1. The minimum Gasteiger partial charge on any atom is -0.382 e. The summed E-state index contributed by atoms with van der Waals surface area (Å²) in [5.41, 5.74) is 3.46. The zero-order valence-corrected chi connectivity index (χ0v) is 12.7. The number of anilines is 1. The Morgan fingerprint density at radius 1 is 1.19 bits per heavy atom. The second-order valence-corrected chi connectivity index (χ2v) is 5.81. The van der Waals surface area contributed by atoms with Crippen molar-refractivity contribution < 1.29 is 0 Å².